The summed E-state index contributed by atoms with van der Waals surface area (Å²) in [6.45, 7) is 1.87. The van der Waals surface area contributed by atoms with Crippen LogP contribution in [-0.4, -0.2) is 17.4 Å². The monoisotopic (exact) mass is 440 g/mol. The first kappa shape index (κ1) is 19.6. The highest BCUT2D eigenvalue weighted by molar-refractivity contribution is 9.10. The third kappa shape index (κ3) is 4.95. The van der Waals surface area contributed by atoms with Crippen molar-refractivity contribution in [1.82, 2.24) is 0 Å². The van der Waals surface area contributed by atoms with Gasteiger partial charge in [0.25, 0.3) is 11.6 Å². The Labute approximate surface area is 170 Å². The van der Waals surface area contributed by atoms with Crippen molar-refractivity contribution in [2.24, 2.45) is 0 Å². The smallest absolute Gasteiger partial charge is 0.270 e. The first-order valence-corrected chi connectivity index (χ1v) is 9.25. The number of nitro groups is 1. The maximum Gasteiger partial charge on any atom is 0.270 e. The topological polar surface area (TPSA) is 81.5 Å². The molecule has 0 heterocycles. The van der Waals surface area contributed by atoms with Crippen LogP contribution in [0.15, 0.2) is 71.2 Å². The number of aryl methyl sites for hydroxylation is 1. The van der Waals surface area contributed by atoms with Crippen molar-refractivity contribution < 1.29 is 14.5 Å². The largest absolute Gasteiger partial charge is 0.484 e. The number of nitro benzene ring substituents is 1. The minimum atomic E-state index is -0.500. The van der Waals surface area contributed by atoms with E-state index < -0.39 is 4.92 Å². The molecule has 0 unspecified atom stereocenters. The van der Waals surface area contributed by atoms with Gasteiger partial charge in [-0.15, -0.1) is 0 Å². The molecular formula is C21H17BrN2O4. The fraction of sp³-hybridized carbons (Fsp3) is 0.0952. The summed E-state index contributed by atoms with van der Waals surface area (Å²) >= 11 is 3.21. The SMILES string of the molecule is Cc1ccc(-c2ccc(OCC(=O)Nc3ccc([N+](=O)[O-])cc3Br)cc2)cc1. The van der Waals surface area contributed by atoms with Gasteiger partial charge in [-0.05, 0) is 52.2 Å². The molecule has 0 spiro atoms. The number of amides is 1. The van der Waals surface area contributed by atoms with Gasteiger partial charge < -0.3 is 10.1 Å². The highest BCUT2D eigenvalue weighted by Crippen LogP contribution is 2.27. The molecule has 1 N–H and O–H groups in total. The van der Waals surface area contributed by atoms with Gasteiger partial charge in [-0.2, -0.15) is 0 Å². The van der Waals surface area contributed by atoms with Crippen molar-refractivity contribution in [2.75, 3.05) is 11.9 Å². The second-order valence-corrected chi connectivity index (χ2v) is 7.00. The van der Waals surface area contributed by atoms with E-state index in [1.807, 2.05) is 31.2 Å². The lowest BCUT2D eigenvalue weighted by atomic mass is 10.0. The van der Waals surface area contributed by atoms with Gasteiger partial charge in [-0.1, -0.05) is 42.0 Å². The van der Waals surface area contributed by atoms with Gasteiger partial charge in [0.05, 0.1) is 10.6 Å². The molecule has 0 aliphatic heterocycles. The molecule has 6 nitrogen and oxygen atoms in total. The Morgan fingerprint density at radius 3 is 2.21 bits per heavy atom. The molecule has 0 bridgehead atoms. The fourth-order valence-corrected chi connectivity index (χ4v) is 3.01. The maximum atomic E-state index is 12.1. The van der Waals surface area contributed by atoms with Gasteiger partial charge in [0.15, 0.2) is 6.61 Å². The Morgan fingerprint density at radius 1 is 1.04 bits per heavy atom. The highest BCUT2D eigenvalue weighted by atomic mass is 79.9. The molecule has 3 aromatic rings. The average Bonchev–Trinajstić information content (AvgIpc) is 2.69. The normalized spacial score (nSPS) is 10.4. The molecule has 0 aromatic heterocycles. The van der Waals surface area contributed by atoms with Crippen LogP contribution < -0.4 is 10.1 Å². The number of carbonyl (C=O) groups excluding carboxylic acids is 1. The summed E-state index contributed by atoms with van der Waals surface area (Å²) < 4.78 is 5.94. The van der Waals surface area contributed by atoms with Crippen LogP contribution in [0.4, 0.5) is 11.4 Å². The number of nitrogens with one attached hydrogen (secondary N) is 1. The molecule has 0 saturated carbocycles. The zero-order valence-electron chi connectivity index (χ0n) is 15.0. The molecule has 28 heavy (non-hydrogen) atoms. The van der Waals surface area contributed by atoms with Gasteiger partial charge in [-0.3, -0.25) is 14.9 Å². The number of rotatable bonds is 6. The van der Waals surface area contributed by atoms with Crippen LogP contribution >= 0.6 is 15.9 Å². The number of hydrogen-bond donors (Lipinski definition) is 1. The molecule has 0 atom stereocenters. The van der Waals surface area contributed by atoms with Crippen molar-refractivity contribution in [1.29, 1.82) is 0 Å². The number of carbonyl (C=O) groups is 1. The highest BCUT2D eigenvalue weighted by Gasteiger charge is 2.11. The van der Waals surface area contributed by atoms with Crippen molar-refractivity contribution in [2.45, 2.75) is 6.92 Å². The number of hydrogen-bond acceptors (Lipinski definition) is 4. The first-order valence-electron chi connectivity index (χ1n) is 8.46. The molecule has 3 rings (SSSR count). The molecule has 0 aliphatic rings. The molecule has 3 aromatic carbocycles. The van der Waals surface area contributed by atoms with Crippen molar-refractivity contribution in [3.63, 3.8) is 0 Å². The van der Waals surface area contributed by atoms with E-state index in [1.54, 1.807) is 0 Å². The lowest BCUT2D eigenvalue weighted by molar-refractivity contribution is -0.384. The Hall–Kier alpha value is -3.19. The molecule has 0 radical (unpaired) electrons. The van der Waals surface area contributed by atoms with E-state index in [0.29, 0.717) is 15.9 Å². The van der Waals surface area contributed by atoms with E-state index in [0.717, 1.165) is 11.1 Å². The summed E-state index contributed by atoms with van der Waals surface area (Å²) in [6, 6.07) is 19.8. The van der Waals surface area contributed by atoms with Crippen molar-refractivity contribution >= 4 is 33.2 Å². The zero-order chi connectivity index (χ0) is 20.1. The van der Waals surface area contributed by atoms with Crippen LogP contribution in [0.2, 0.25) is 0 Å². The van der Waals surface area contributed by atoms with E-state index in [1.165, 1.54) is 23.8 Å². The second kappa shape index (κ2) is 8.67. The predicted molar refractivity (Wildman–Crippen MR) is 112 cm³/mol. The van der Waals surface area contributed by atoms with Gasteiger partial charge in [-0.25, -0.2) is 0 Å². The minimum Gasteiger partial charge on any atom is -0.484 e. The van der Waals surface area contributed by atoms with Crippen LogP contribution in [0.25, 0.3) is 11.1 Å². The average molecular weight is 441 g/mol. The summed E-state index contributed by atoms with van der Waals surface area (Å²) in [4.78, 5) is 22.3. The third-order valence-electron chi connectivity index (χ3n) is 4.05. The quantitative estimate of drug-likeness (QED) is 0.413. The van der Waals surface area contributed by atoms with Crippen LogP contribution in [0.5, 0.6) is 5.75 Å². The summed E-state index contributed by atoms with van der Waals surface area (Å²) in [7, 11) is 0. The number of non-ortho nitro benzene ring substituents is 1. The molecule has 1 amide bonds. The number of nitrogens with zero attached hydrogens (tertiary/aromatic N) is 1. The van der Waals surface area contributed by atoms with Gasteiger partial charge >= 0.3 is 0 Å². The molecule has 142 valence electrons. The van der Waals surface area contributed by atoms with Gasteiger partial charge in [0.2, 0.25) is 0 Å². The van der Waals surface area contributed by atoms with Crippen LogP contribution in [0.1, 0.15) is 5.56 Å². The Kier molecular flexibility index (Phi) is 6.06. The standard InChI is InChI=1S/C21H17BrN2O4/c1-14-2-4-15(5-3-14)16-6-9-18(10-7-16)28-13-21(25)23-20-11-8-17(24(26)27)12-19(20)22/h2-12H,13H2,1H3,(H,23,25). The zero-order valence-corrected chi connectivity index (χ0v) is 16.6. The number of benzene rings is 3. The first-order chi connectivity index (χ1) is 13.4. The molecule has 0 aliphatic carbocycles. The van der Waals surface area contributed by atoms with E-state index in [4.69, 9.17) is 4.74 Å². The number of ether oxygens (including phenoxy) is 1. The minimum absolute atomic E-state index is 0.0604. The molecule has 7 heteroatoms. The van der Waals surface area contributed by atoms with Gasteiger partial charge in [0, 0.05) is 16.6 Å². The van der Waals surface area contributed by atoms with E-state index in [2.05, 4.69) is 45.5 Å². The van der Waals surface area contributed by atoms with Gasteiger partial charge in [0.1, 0.15) is 5.75 Å². The van der Waals surface area contributed by atoms with E-state index >= 15 is 0 Å². The lowest BCUT2D eigenvalue weighted by Crippen LogP contribution is -2.20. The summed E-state index contributed by atoms with van der Waals surface area (Å²) in [5.74, 6) is 0.214. The Balaban J connectivity index is 1.57. The summed E-state index contributed by atoms with van der Waals surface area (Å²) in [5.41, 5.74) is 3.75. The summed E-state index contributed by atoms with van der Waals surface area (Å²) in [6.07, 6.45) is 0. The van der Waals surface area contributed by atoms with Crippen LogP contribution in [-0.2, 0) is 4.79 Å². The van der Waals surface area contributed by atoms with Crippen molar-refractivity contribution in [3.8, 4) is 16.9 Å². The fourth-order valence-electron chi connectivity index (χ4n) is 2.54. The number of halogens is 1. The van der Waals surface area contributed by atoms with E-state index in [-0.39, 0.29) is 18.2 Å². The Bertz CT molecular complexity index is 1000. The molecule has 0 fully saturated rings. The number of anilines is 1. The van der Waals surface area contributed by atoms with E-state index in [9.17, 15) is 14.9 Å². The maximum absolute atomic E-state index is 12.1. The lowest BCUT2D eigenvalue weighted by Gasteiger charge is -2.09. The van der Waals surface area contributed by atoms with Crippen molar-refractivity contribution in [3.05, 3.63) is 86.9 Å². The second-order valence-electron chi connectivity index (χ2n) is 6.15. The van der Waals surface area contributed by atoms with Crippen LogP contribution in [0, 0.1) is 17.0 Å². The van der Waals surface area contributed by atoms with Crippen LogP contribution in [0.3, 0.4) is 0 Å². The molecule has 0 saturated heterocycles. The predicted octanol–water partition coefficient (Wildman–Crippen LogP) is 5.35. The summed E-state index contributed by atoms with van der Waals surface area (Å²) in [5, 5.41) is 13.4. The Morgan fingerprint density at radius 2 is 1.64 bits per heavy atom. The third-order valence-corrected chi connectivity index (χ3v) is 4.70. The molecular weight excluding hydrogens is 424 g/mol.